The minimum Gasteiger partial charge on any atom is -0.447 e. The first kappa shape index (κ1) is 24.6. The third kappa shape index (κ3) is 5.43. The van der Waals surface area contributed by atoms with Gasteiger partial charge in [-0.3, -0.25) is 4.90 Å². The number of carbonyl (C=O) groups is 2. The van der Waals surface area contributed by atoms with Crippen LogP contribution < -0.4 is 9.80 Å². The third-order valence-corrected chi connectivity index (χ3v) is 5.61. The van der Waals surface area contributed by atoms with Gasteiger partial charge in [-0.25, -0.2) is 27.4 Å². The first-order valence-corrected chi connectivity index (χ1v) is 11.2. The van der Waals surface area contributed by atoms with E-state index in [0.717, 1.165) is 17.0 Å². The molecule has 0 bridgehead atoms. The van der Waals surface area contributed by atoms with Gasteiger partial charge in [0.05, 0.1) is 24.5 Å². The van der Waals surface area contributed by atoms with Crippen LogP contribution in [0.3, 0.4) is 0 Å². The number of anilines is 2. The predicted molar refractivity (Wildman–Crippen MR) is 119 cm³/mol. The normalized spacial score (nSPS) is 18.7. The highest BCUT2D eigenvalue weighted by Gasteiger charge is 2.36. The fraction of sp³-hybridized carbons (Fsp3) is 0.545. The second-order valence-corrected chi connectivity index (χ2v) is 9.38. The van der Waals surface area contributed by atoms with Gasteiger partial charge < -0.3 is 19.3 Å². The zero-order chi connectivity index (χ0) is 25.3. The number of ether oxygens (including phenoxy) is 2. The summed E-state index contributed by atoms with van der Waals surface area (Å²) in [7, 11) is 0. The van der Waals surface area contributed by atoms with Crippen molar-refractivity contribution < 1.29 is 32.2 Å². The minimum absolute atomic E-state index is 0.00512. The molecule has 2 aliphatic rings. The van der Waals surface area contributed by atoms with Crippen molar-refractivity contribution in [3.63, 3.8) is 0 Å². The largest absolute Gasteiger partial charge is 0.447 e. The van der Waals surface area contributed by atoms with E-state index in [9.17, 15) is 14.0 Å². The number of halogens is 3. The number of benzene rings is 1. The number of piperazine rings is 1. The Morgan fingerprint density at radius 1 is 1.17 bits per heavy atom. The minimum atomic E-state index is -0.843. The predicted octanol–water partition coefficient (Wildman–Crippen LogP) is 3.11. The lowest BCUT2D eigenvalue weighted by molar-refractivity contribution is 0.0240. The molecular weight excluding hydrogens is 469 g/mol. The molecule has 2 aromatic rings. The van der Waals surface area contributed by atoms with Gasteiger partial charge >= 0.3 is 12.2 Å². The fourth-order valence-electron chi connectivity index (χ4n) is 4.05. The third-order valence-electron chi connectivity index (χ3n) is 5.61. The van der Waals surface area contributed by atoms with Crippen LogP contribution in [0.2, 0.25) is 0 Å². The second kappa shape index (κ2) is 9.62. The molecule has 35 heavy (non-hydrogen) atoms. The summed E-state index contributed by atoms with van der Waals surface area (Å²) in [6.07, 6.45) is 0.165. The van der Waals surface area contributed by atoms with Crippen LogP contribution in [0.15, 0.2) is 18.3 Å². The Labute approximate surface area is 200 Å². The molecule has 190 valence electrons. The zero-order valence-electron chi connectivity index (χ0n) is 19.7. The summed E-state index contributed by atoms with van der Waals surface area (Å²) < 4.78 is 54.8. The molecule has 0 aliphatic carbocycles. The lowest BCUT2D eigenvalue weighted by atomic mass is 10.1. The highest BCUT2D eigenvalue weighted by atomic mass is 19.1. The molecule has 10 nitrogen and oxygen atoms in total. The van der Waals surface area contributed by atoms with E-state index in [1.54, 1.807) is 20.8 Å². The van der Waals surface area contributed by atoms with Crippen molar-refractivity contribution in [1.82, 2.24) is 19.9 Å². The number of hydrogen-bond donors (Lipinski definition) is 0. The first-order valence-electron chi connectivity index (χ1n) is 11.2. The molecule has 1 aromatic carbocycles. The van der Waals surface area contributed by atoms with Crippen LogP contribution in [0, 0.1) is 11.6 Å². The molecule has 2 aliphatic heterocycles. The average molecular weight is 496 g/mol. The number of hydrogen-bond acceptors (Lipinski definition) is 7. The highest BCUT2D eigenvalue weighted by Crippen LogP contribution is 2.32. The van der Waals surface area contributed by atoms with E-state index < -0.39 is 42.1 Å². The van der Waals surface area contributed by atoms with E-state index in [4.69, 9.17) is 9.47 Å². The molecule has 0 N–H and O–H groups in total. The molecule has 1 unspecified atom stereocenters. The molecule has 3 heterocycles. The summed E-state index contributed by atoms with van der Waals surface area (Å²) in [6.45, 7) is 5.51. The molecule has 0 spiro atoms. The van der Waals surface area contributed by atoms with E-state index in [2.05, 4.69) is 10.3 Å². The lowest BCUT2D eigenvalue weighted by Gasteiger charge is -2.37. The quantitative estimate of drug-likeness (QED) is 0.628. The van der Waals surface area contributed by atoms with Gasteiger partial charge in [0.1, 0.15) is 30.3 Å². The van der Waals surface area contributed by atoms with Gasteiger partial charge in [0, 0.05) is 38.3 Å². The van der Waals surface area contributed by atoms with E-state index >= 15 is 8.78 Å². The van der Waals surface area contributed by atoms with Crippen LogP contribution in [0.4, 0.5) is 34.1 Å². The Morgan fingerprint density at radius 2 is 1.83 bits per heavy atom. The van der Waals surface area contributed by atoms with Gasteiger partial charge in [0.15, 0.2) is 11.6 Å². The van der Waals surface area contributed by atoms with Gasteiger partial charge in [-0.15, -0.1) is 5.10 Å². The average Bonchev–Trinajstić information content (AvgIpc) is 3.39. The van der Waals surface area contributed by atoms with Crippen molar-refractivity contribution in [1.29, 1.82) is 0 Å². The van der Waals surface area contributed by atoms with Crippen molar-refractivity contribution in [2.75, 3.05) is 42.6 Å². The summed E-state index contributed by atoms with van der Waals surface area (Å²) in [4.78, 5) is 28.7. The van der Waals surface area contributed by atoms with Crippen LogP contribution in [0.5, 0.6) is 0 Å². The topological polar surface area (TPSA) is 93.0 Å². The number of cyclic esters (lactones) is 1. The summed E-state index contributed by atoms with van der Waals surface area (Å²) in [5, 5.41) is 7.45. The Bertz CT molecular complexity index is 1070. The smallest absolute Gasteiger partial charge is 0.414 e. The Kier molecular flexibility index (Phi) is 6.77. The summed E-state index contributed by atoms with van der Waals surface area (Å²) in [5.41, 5.74) is -0.740. The zero-order valence-corrected chi connectivity index (χ0v) is 19.7. The van der Waals surface area contributed by atoms with Crippen molar-refractivity contribution >= 4 is 23.6 Å². The van der Waals surface area contributed by atoms with Crippen molar-refractivity contribution in [3.05, 3.63) is 35.7 Å². The van der Waals surface area contributed by atoms with Crippen LogP contribution >= 0.6 is 0 Å². The summed E-state index contributed by atoms with van der Waals surface area (Å²) in [6, 6.07) is 1.54. The molecule has 1 atom stereocenters. The second-order valence-electron chi connectivity index (χ2n) is 9.38. The van der Waals surface area contributed by atoms with E-state index in [1.165, 1.54) is 20.7 Å². The molecule has 0 radical (unpaired) electrons. The van der Waals surface area contributed by atoms with E-state index in [0.29, 0.717) is 0 Å². The Balaban J connectivity index is 1.47. The number of alkyl halides is 1. The van der Waals surface area contributed by atoms with Gasteiger partial charge in [-0.05, 0) is 20.8 Å². The molecule has 4 rings (SSSR count). The van der Waals surface area contributed by atoms with Crippen molar-refractivity contribution in [2.45, 2.75) is 45.6 Å². The summed E-state index contributed by atoms with van der Waals surface area (Å²) >= 11 is 0. The maximum Gasteiger partial charge on any atom is 0.414 e. The molecule has 0 saturated carbocycles. The fourth-order valence-corrected chi connectivity index (χ4v) is 4.05. The number of carbonyl (C=O) groups excluding carboxylic acids is 2. The number of aromatic nitrogens is 3. The van der Waals surface area contributed by atoms with Gasteiger partial charge in [0.25, 0.3) is 0 Å². The first-order chi connectivity index (χ1) is 16.6. The number of amides is 2. The van der Waals surface area contributed by atoms with Crippen LogP contribution in [0.1, 0.15) is 26.5 Å². The molecule has 1 aromatic heterocycles. The van der Waals surface area contributed by atoms with E-state index in [1.807, 2.05) is 0 Å². The van der Waals surface area contributed by atoms with Crippen LogP contribution in [-0.4, -0.2) is 76.5 Å². The number of rotatable bonds is 5. The van der Waals surface area contributed by atoms with Crippen LogP contribution in [0.25, 0.3) is 0 Å². The summed E-state index contributed by atoms with van der Waals surface area (Å²) in [5.74, 6) is -1.69. The van der Waals surface area contributed by atoms with Gasteiger partial charge in [-0.2, -0.15) is 0 Å². The van der Waals surface area contributed by atoms with E-state index in [-0.39, 0.29) is 56.4 Å². The molecule has 2 saturated heterocycles. The monoisotopic (exact) mass is 496 g/mol. The molecule has 2 fully saturated rings. The number of nitrogens with zero attached hydrogens (tertiary/aromatic N) is 6. The molecular formula is C22H27F3N6O4. The lowest BCUT2D eigenvalue weighted by Crippen LogP contribution is -2.50. The van der Waals surface area contributed by atoms with Crippen LogP contribution in [-0.2, 0) is 22.7 Å². The Morgan fingerprint density at radius 3 is 2.40 bits per heavy atom. The maximum absolute atomic E-state index is 15.1. The van der Waals surface area contributed by atoms with Crippen molar-refractivity contribution in [3.8, 4) is 0 Å². The van der Waals surface area contributed by atoms with Gasteiger partial charge in [0.2, 0.25) is 0 Å². The highest BCUT2D eigenvalue weighted by molar-refractivity contribution is 5.90. The standard InChI is InChI=1S/C22H27F3N6O4/c1-22(2,3)35-20(32)29-6-4-28(5-7-29)19-17(24)8-15(9-18(19)25)31-16(13-34-21(31)33)12-30-11-14(10-23)26-27-30/h8-9,11,16H,4-7,10,12-13H2,1-3H3. The molecule has 13 heteroatoms. The maximum atomic E-state index is 15.1. The SMILES string of the molecule is CC(C)(C)OC(=O)N1CCN(c2c(F)cc(N3C(=O)OCC3Cn3cc(CF)nn3)cc2F)CC1. The molecule has 2 amide bonds. The van der Waals surface area contributed by atoms with Crippen molar-refractivity contribution in [2.24, 2.45) is 0 Å². The van der Waals surface area contributed by atoms with Gasteiger partial charge in [-0.1, -0.05) is 5.21 Å². The Hall–Kier alpha value is -3.51.